The summed E-state index contributed by atoms with van der Waals surface area (Å²) in [4.78, 5) is 31.6. The maximum Gasteiger partial charge on any atom is 0.222 e. The van der Waals surface area contributed by atoms with Gasteiger partial charge >= 0.3 is 0 Å². The van der Waals surface area contributed by atoms with Crippen LogP contribution in [0.25, 0.3) is 0 Å². The topological polar surface area (TPSA) is 43.9 Å². The van der Waals surface area contributed by atoms with Crippen molar-refractivity contribution >= 4 is 29.1 Å². The second-order valence-corrected chi connectivity index (χ2v) is 9.54. The van der Waals surface area contributed by atoms with Gasteiger partial charge in [-0.3, -0.25) is 9.59 Å². The molecule has 2 heterocycles. The van der Waals surface area contributed by atoms with E-state index in [2.05, 4.69) is 24.8 Å². The number of nitrogens with zero attached hydrogens (tertiary/aromatic N) is 3. The van der Waals surface area contributed by atoms with Gasteiger partial charge in [-0.1, -0.05) is 38.4 Å². The van der Waals surface area contributed by atoms with Crippen molar-refractivity contribution in [1.29, 1.82) is 0 Å². The standard InChI is InChI=1S/C23H34ClN3O2/c1-17(13-23(29)27-15-18(2)11-19(3)16-27)12-22(28)26-9-7-25(8-10-26)21-6-4-5-20(24)14-21/h4-6,14,17-19H,7-13,15-16H2,1-3H3. The van der Waals surface area contributed by atoms with E-state index in [-0.39, 0.29) is 17.7 Å². The summed E-state index contributed by atoms with van der Waals surface area (Å²) < 4.78 is 0. The molecule has 3 atom stereocenters. The van der Waals surface area contributed by atoms with E-state index in [0.29, 0.717) is 37.8 Å². The quantitative estimate of drug-likeness (QED) is 0.726. The van der Waals surface area contributed by atoms with E-state index in [0.717, 1.165) is 36.9 Å². The molecule has 2 aliphatic rings. The van der Waals surface area contributed by atoms with Gasteiger partial charge in [-0.25, -0.2) is 0 Å². The number of hydrogen-bond donors (Lipinski definition) is 0. The Morgan fingerprint density at radius 3 is 2.17 bits per heavy atom. The molecule has 1 aromatic carbocycles. The number of piperazine rings is 1. The highest BCUT2D eigenvalue weighted by atomic mass is 35.5. The Hall–Kier alpha value is -1.75. The minimum atomic E-state index is 0.0773. The van der Waals surface area contributed by atoms with Crippen molar-refractivity contribution in [3.8, 4) is 0 Å². The third-order valence-corrected chi connectivity index (χ3v) is 6.31. The molecule has 2 saturated heterocycles. The summed E-state index contributed by atoms with van der Waals surface area (Å²) in [6, 6.07) is 7.85. The minimum Gasteiger partial charge on any atom is -0.368 e. The second kappa shape index (κ2) is 9.84. The van der Waals surface area contributed by atoms with Crippen LogP contribution in [0.2, 0.25) is 5.02 Å². The zero-order valence-corrected chi connectivity index (χ0v) is 18.7. The van der Waals surface area contributed by atoms with E-state index in [1.54, 1.807) is 0 Å². The van der Waals surface area contributed by atoms with Crippen molar-refractivity contribution in [2.45, 2.75) is 40.0 Å². The smallest absolute Gasteiger partial charge is 0.222 e. The molecule has 0 spiro atoms. The number of carbonyl (C=O) groups is 2. The molecule has 29 heavy (non-hydrogen) atoms. The van der Waals surface area contributed by atoms with Gasteiger partial charge in [0.25, 0.3) is 0 Å². The first-order chi connectivity index (χ1) is 13.8. The van der Waals surface area contributed by atoms with Crippen LogP contribution >= 0.6 is 11.6 Å². The lowest BCUT2D eigenvalue weighted by molar-refractivity contribution is -0.136. The number of amides is 2. The molecule has 0 aromatic heterocycles. The Kier molecular flexibility index (Phi) is 7.44. The first kappa shape index (κ1) is 21.9. The number of rotatable bonds is 5. The van der Waals surface area contributed by atoms with E-state index in [9.17, 15) is 9.59 Å². The van der Waals surface area contributed by atoms with Crippen LogP contribution in [-0.2, 0) is 9.59 Å². The fraction of sp³-hybridized carbons (Fsp3) is 0.652. The Morgan fingerprint density at radius 2 is 1.59 bits per heavy atom. The molecule has 0 N–H and O–H groups in total. The molecule has 0 saturated carbocycles. The number of anilines is 1. The van der Waals surface area contributed by atoms with Crippen molar-refractivity contribution in [1.82, 2.24) is 9.80 Å². The van der Waals surface area contributed by atoms with Crippen LogP contribution < -0.4 is 4.90 Å². The first-order valence-electron chi connectivity index (χ1n) is 10.9. The Morgan fingerprint density at radius 1 is 1.00 bits per heavy atom. The van der Waals surface area contributed by atoms with Gasteiger partial charge in [-0.15, -0.1) is 0 Å². The molecule has 1 aromatic rings. The highest BCUT2D eigenvalue weighted by Crippen LogP contribution is 2.24. The summed E-state index contributed by atoms with van der Waals surface area (Å²) in [6.07, 6.45) is 2.11. The van der Waals surface area contributed by atoms with Crippen molar-refractivity contribution < 1.29 is 9.59 Å². The third-order valence-electron chi connectivity index (χ3n) is 6.07. The molecule has 0 aliphatic carbocycles. The van der Waals surface area contributed by atoms with Crippen LogP contribution in [0.5, 0.6) is 0 Å². The largest absolute Gasteiger partial charge is 0.368 e. The lowest BCUT2D eigenvalue weighted by Crippen LogP contribution is -2.49. The summed E-state index contributed by atoms with van der Waals surface area (Å²) in [5, 5.41) is 0.733. The van der Waals surface area contributed by atoms with Crippen LogP contribution in [0.3, 0.4) is 0 Å². The molecule has 2 fully saturated rings. The number of likely N-dealkylation sites (tertiary alicyclic amines) is 1. The molecule has 2 aliphatic heterocycles. The minimum absolute atomic E-state index is 0.0773. The zero-order chi connectivity index (χ0) is 21.0. The molecule has 0 radical (unpaired) electrons. The van der Waals surface area contributed by atoms with E-state index in [1.165, 1.54) is 6.42 Å². The van der Waals surface area contributed by atoms with Gasteiger partial charge in [0.1, 0.15) is 0 Å². The van der Waals surface area contributed by atoms with Crippen LogP contribution in [0.15, 0.2) is 24.3 Å². The molecule has 5 nitrogen and oxygen atoms in total. The van der Waals surface area contributed by atoms with Gasteiger partial charge in [-0.2, -0.15) is 0 Å². The van der Waals surface area contributed by atoms with Crippen LogP contribution in [-0.4, -0.2) is 60.9 Å². The predicted molar refractivity (Wildman–Crippen MR) is 118 cm³/mol. The monoisotopic (exact) mass is 419 g/mol. The van der Waals surface area contributed by atoms with Crippen LogP contribution in [0.4, 0.5) is 5.69 Å². The Bertz CT molecular complexity index is 708. The molecule has 3 unspecified atom stereocenters. The number of hydrogen-bond acceptors (Lipinski definition) is 3. The zero-order valence-electron chi connectivity index (χ0n) is 17.9. The van der Waals surface area contributed by atoms with Gasteiger partial charge in [0, 0.05) is 62.8 Å². The van der Waals surface area contributed by atoms with E-state index in [1.807, 2.05) is 34.9 Å². The van der Waals surface area contributed by atoms with Crippen LogP contribution in [0.1, 0.15) is 40.0 Å². The normalized spacial score (nSPS) is 23.8. The summed E-state index contributed by atoms with van der Waals surface area (Å²) in [6.45, 7) is 11.2. The second-order valence-electron chi connectivity index (χ2n) is 9.11. The molecule has 6 heteroatoms. The maximum atomic E-state index is 12.7. The highest BCUT2D eigenvalue weighted by molar-refractivity contribution is 6.30. The number of piperidine rings is 1. The summed E-state index contributed by atoms with van der Waals surface area (Å²) >= 11 is 6.09. The van der Waals surface area contributed by atoms with E-state index >= 15 is 0 Å². The SMILES string of the molecule is CC(CC(=O)N1CCN(c2cccc(Cl)c2)CC1)CC(=O)N1CC(C)CC(C)C1. The van der Waals surface area contributed by atoms with Gasteiger partial charge < -0.3 is 14.7 Å². The van der Waals surface area contributed by atoms with Gasteiger partial charge in [0.05, 0.1) is 0 Å². The van der Waals surface area contributed by atoms with Crippen molar-refractivity contribution in [2.75, 3.05) is 44.2 Å². The van der Waals surface area contributed by atoms with Crippen LogP contribution in [0, 0.1) is 17.8 Å². The average Bonchev–Trinajstić information content (AvgIpc) is 2.67. The third kappa shape index (κ3) is 6.11. The lowest BCUT2D eigenvalue weighted by Gasteiger charge is -2.37. The average molecular weight is 420 g/mol. The molecular weight excluding hydrogens is 386 g/mol. The maximum absolute atomic E-state index is 12.7. The predicted octanol–water partition coefficient (Wildman–Crippen LogP) is 3.91. The van der Waals surface area contributed by atoms with Gasteiger partial charge in [-0.05, 0) is 42.4 Å². The summed E-state index contributed by atoms with van der Waals surface area (Å²) in [5.41, 5.74) is 1.11. The molecule has 2 amide bonds. The van der Waals surface area contributed by atoms with E-state index in [4.69, 9.17) is 11.6 Å². The molecule has 160 valence electrons. The van der Waals surface area contributed by atoms with Gasteiger partial charge in [0.2, 0.25) is 11.8 Å². The molecular formula is C23H34ClN3O2. The van der Waals surface area contributed by atoms with Gasteiger partial charge in [0.15, 0.2) is 0 Å². The van der Waals surface area contributed by atoms with Crippen molar-refractivity contribution in [2.24, 2.45) is 17.8 Å². The van der Waals surface area contributed by atoms with Crippen molar-refractivity contribution in [3.63, 3.8) is 0 Å². The summed E-state index contributed by atoms with van der Waals surface area (Å²) in [5.74, 6) is 1.57. The molecule has 3 rings (SSSR count). The van der Waals surface area contributed by atoms with Crippen molar-refractivity contribution in [3.05, 3.63) is 29.3 Å². The number of halogens is 1. The fourth-order valence-corrected chi connectivity index (χ4v) is 4.86. The fourth-order valence-electron chi connectivity index (χ4n) is 4.68. The Balaban J connectivity index is 1.44. The number of benzene rings is 1. The Labute approximate surface area is 180 Å². The lowest BCUT2D eigenvalue weighted by atomic mass is 9.91. The molecule has 0 bridgehead atoms. The summed E-state index contributed by atoms with van der Waals surface area (Å²) in [7, 11) is 0. The van der Waals surface area contributed by atoms with E-state index < -0.39 is 0 Å². The first-order valence-corrected chi connectivity index (χ1v) is 11.3. The number of carbonyl (C=O) groups excluding carboxylic acids is 2. The highest BCUT2D eigenvalue weighted by Gasteiger charge is 2.28.